The Labute approximate surface area is 72.4 Å². The molecule has 0 aromatic carbocycles. The quantitative estimate of drug-likeness (QED) is 0.673. The van der Waals surface area contributed by atoms with Gasteiger partial charge in [-0.05, 0) is 18.8 Å². The molecule has 0 aromatic heterocycles. The van der Waals surface area contributed by atoms with Crippen molar-refractivity contribution in [1.82, 2.24) is 0 Å². The molecule has 0 aliphatic heterocycles. The van der Waals surface area contributed by atoms with E-state index in [0.29, 0.717) is 5.92 Å². The van der Waals surface area contributed by atoms with Gasteiger partial charge in [0.2, 0.25) is 0 Å². The normalized spacial score (nSPS) is 21.6. The summed E-state index contributed by atoms with van der Waals surface area (Å²) in [6.07, 6.45) is 2.05. The van der Waals surface area contributed by atoms with Gasteiger partial charge in [0.05, 0.1) is 0 Å². The first-order valence-corrected chi connectivity index (χ1v) is 4.37. The van der Waals surface area contributed by atoms with E-state index in [0.717, 1.165) is 12.8 Å². The number of carboxylic acids is 1. The molecule has 1 aliphatic carbocycles. The fourth-order valence-electron chi connectivity index (χ4n) is 1.69. The molecule has 1 saturated carbocycles. The third kappa shape index (κ3) is 1.46. The highest BCUT2D eigenvalue weighted by Crippen LogP contribution is 2.43. The number of aliphatic hydroxyl groups excluding tert-OH is 1. The fourth-order valence-corrected chi connectivity index (χ4v) is 1.69. The van der Waals surface area contributed by atoms with Gasteiger partial charge in [0.15, 0.2) is 6.10 Å². The SMILES string of the molecule is CC(C)(C1CCC1)C(O)C(=O)O. The smallest absolute Gasteiger partial charge is 0.333 e. The molecule has 0 saturated heterocycles. The second-order valence-corrected chi connectivity index (χ2v) is 4.19. The van der Waals surface area contributed by atoms with Crippen LogP contribution in [0.15, 0.2) is 0 Å². The Hall–Kier alpha value is -0.570. The standard InChI is InChI=1S/C9H16O3/c1-9(2,6-4-3-5-6)7(10)8(11)12/h6-7,10H,3-5H2,1-2H3,(H,11,12). The molecule has 0 aromatic rings. The minimum absolute atomic E-state index is 0.378. The van der Waals surface area contributed by atoms with Gasteiger partial charge in [0, 0.05) is 5.41 Å². The lowest BCUT2D eigenvalue weighted by molar-refractivity contribution is -0.157. The highest BCUT2D eigenvalue weighted by molar-refractivity contribution is 5.73. The Bertz CT molecular complexity index is 182. The molecule has 3 nitrogen and oxygen atoms in total. The van der Waals surface area contributed by atoms with Crippen molar-refractivity contribution in [1.29, 1.82) is 0 Å². The van der Waals surface area contributed by atoms with Crippen LogP contribution in [0, 0.1) is 11.3 Å². The van der Waals surface area contributed by atoms with E-state index in [1.165, 1.54) is 6.42 Å². The average Bonchev–Trinajstić information content (AvgIpc) is 1.80. The topological polar surface area (TPSA) is 57.5 Å². The van der Waals surface area contributed by atoms with Crippen molar-refractivity contribution in [2.45, 2.75) is 39.2 Å². The molecule has 1 aliphatic rings. The number of hydrogen-bond donors (Lipinski definition) is 2. The minimum Gasteiger partial charge on any atom is -0.479 e. The number of aliphatic hydroxyl groups is 1. The van der Waals surface area contributed by atoms with Crippen LogP contribution in [0.1, 0.15) is 33.1 Å². The van der Waals surface area contributed by atoms with Crippen LogP contribution >= 0.6 is 0 Å². The zero-order chi connectivity index (χ0) is 9.35. The molecule has 0 bridgehead atoms. The second-order valence-electron chi connectivity index (χ2n) is 4.19. The van der Waals surface area contributed by atoms with Crippen molar-refractivity contribution < 1.29 is 15.0 Å². The average molecular weight is 172 g/mol. The van der Waals surface area contributed by atoms with Gasteiger partial charge in [-0.3, -0.25) is 0 Å². The zero-order valence-electron chi connectivity index (χ0n) is 7.58. The van der Waals surface area contributed by atoms with E-state index < -0.39 is 17.5 Å². The predicted molar refractivity (Wildman–Crippen MR) is 44.8 cm³/mol. The number of rotatable bonds is 3. The van der Waals surface area contributed by atoms with Crippen LogP contribution in [-0.2, 0) is 4.79 Å². The monoisotopic (exact) mass is 172 g/mol. The van der Waals surface area contributed by atoms with Crippen molar-refractivity contribution in [2.24, 2.45) is 11.3 Å². The maximum absolute atomic E-state index is 10.5. The number of carboxylic acid groups (broad SMARTS) is 1. The maximum Gasteiger partial charge on any atom is 0.333 e. The Morgan fingerprint density at radius 1 is 1.50 bits per heavy atom. The summed E-state index contributed by atoms with van der Waals surface area (Å²) in [5.41, 5.74) is -0.468. The largest absolute Gasteiger partial charge is 0.479 e. The molecule has 0 spiro atoms. The van der Waals surface area contributed by atoms with E-state index in [-0.39, 0.29) is 0 Å². The third-order valence-corrected chi connectivity index (χ3v) is 3.10. The molecule has 1 fully saturated rings. The minimum atomic E-state index is -1.22. The van der Waals surface area contributed by atoms with Gasteiger partial charge in [0.25, 0.3) is 0 Å². The van der Waals surface area contributed by atoms with E-state index >= 15 is 0 Å². The van der Waals surface area contributed by atoms with Gasteiger partial charge in [-0.15, -0.1) is 0 Å². The van der Waals surface area contributed by atoms with E-state index in [9.17, 15) is 9.90 Å². The van der Waals surface area contributed by atoms with Crippen LogP contribution in [0.3, 0.4) is 0 Å². The van der Waals surface area contributed by atoms with Gasteiger partial charge in [-0.2, -0.15) is 0 Å². The Morgan fingerprint density at radius 3 is 2.25 bits per heavy atom. The third-order valence-electron chi connectivity index (χ3n) is 3.10. The number of carbonyl (C=O) groups is 1. The fraction of sp³-hybridized carbons (Fsp3) is 0.889. The van der Waals surface area contributed by atoms with E-state index in [2.05, 4.69) is 0 Å². The lowest BCUT2D eigenvalue weighted by Gasteiger charge is -2.41. The molecular weight excluding hydrogens is 156 g/mol. The number of hydrogen-bond acceptors (Lipinski definition) is 2. The van der Waals surface area contributed by atoms with Crippen molar-refractivity contribution in [3.05, 3.63) is 0 Å². The molecule has 1 atom stereocenters. The van der Waals surface area contributed by atoms with Gasteiger partial charge in [-0.25, -0.2) is 4.79 Å². The van der Waals surface area contributed by atoms with Gasteiger partial charge in [-0.1, -0.05) is 20.3 Å². The zero-order valence-corrected chi connectivity index (χ0v) is 7.58. The highest BCUT2D eigenvalue weighted by atomic mass is 16.4. The molecule has 1 rings (SSSR count). The summed E-state index contributed by atoms with van der Waals surface area (Å²) in [5.74, 6) is -0.726. The summed E-state index contributed by atoms with van der Waals surface area (Å²) < 4.78 is 0. The lowest BCUT2D eigenvalue weighted by atomic mass is 9.64. The van der Waals surface area contributed by atoms with Crippen LogP contribution < -0.4 is 0 Å². The first-order chi connectivity index (χ1) is 5.46. The van der Waals surface area contributed by atoms with Crippen molar-refractivity contribution in [2.75, 3.05) is 0 Å². The molecule has 0 heterocycles. The van der Waals surface area contributed by atoms with Crippen LogP contribution in [0.2, 0.25) is 0 Å². The lowest BCUT2D eigenvalue weighted by Crippen LogP contribution is -2.44. The molecule has 3 heteroatoms. The Morgan fingerprint density at radius 2 is 2.00 bits per heavy atom. The molecule has 2 N–H and O–H groups in total. The molecule has 1 unspecified atom stereocenters. The molecule has 0 radical (unpaired) electrons. The molecule has 0 amide bonds. The van der Waals surface area contributed by atoms with Crippen LogP contribution in [0.4, 0.5) is 0 Å². The van der Waals surface area contributed by atoms with Gasteiger partial charge < -0.3 is 10.2 Å². The summed E-state index contributed by atoms with van der Waals surface area (Å²) in [7, 11) is 0. The first-order valence-electron chi connectivity index (χ1n) is 4.37. The van der Waals surface area contributed by atoms with Crippen LogP contribution in [0.25, 0.3) is 0 Å². The van der Waals surface area contributed by atoms with Gasteiger partial charge >= 0.3 is 5.97 Å². The second kappa shape index (κ2) is 3.05. The summed E-state index contributed by atoms with van der Waals surface area (Å²) in [6, 6.07) is 0. The van der Waals surface area contributed by atoms with E-state index in [4.69, 9.17) is 5.11 Å². The molecule has 12 heavy (non-hydrogen) atoms. The number of aliphatic carboxylic acids is 1. The summed E-state index contributed by atoms with van der Waals surface area (Å²) >= 11 is 0. The summed E-state index contributed by atoms with van der Waals surface area (Å²) in [5, 5.41) is 18.0. The van der Waals surface area contributed by atoms with Crippen LogP contribution in [-0.4, -0.2) is 22.3 Å². The summed E-state index contributed by atoms with van der Waals surface area (Å²) in [6.45, 7) is 3.66. The predicted octanol–water partition coefficient (Wildman–Crippen LogP) is 1.26. The van der Waals surface area contributed by atoms with Crippen LogP contribution in [0.5, 0.6) is 0 Å². The van der Waals surface area contributed by atoms with Gasteiger partial charge in [0.1, 0.15) is 0 Å². The Balaban J connectivity index is 2.62. The molecular formula is C9H16O3. The summed E-state index contributed by atoms with van der Waals surface area (Å²) in [4.78, 5) is 10.5. The molecule has 70 valence electrons. The van der Waals surface area contributed by atoms with E-state index in [1.54, 1.807) is 0 Å². The van der Waals surface area contributed by atoms with Crippen molar-refractivity contribution in [3.8, 4) is 0 Å². The van der Waals surface area contributed by atoms with Crippen molar-refractivity contribution >= 4 is 5.97 Å². The highest BCUT2D eigenvalue weighted by Gasteiger charge is 2.42. The van der Waals surface area contributed by atoms with Crippen molar-refractivity contribution in [3.63, 3.8) is 0 Å². The first kappa shape index (κ1) is 9.52. The maximum atomic E-state index is 10.5. The van der Waals surface area contributed by atoms with E-state index in [1.807, 2.05) is 13.8 Å². The Kier molecular flexibility index (Phi) is 2.42.